The molecule has 0 saturated heterocycles. The lowest BCUT2D eigenvalue weighted by molar-refractivity contribution is 0.666. The fraction of sp³-hybridized carbons (Fsp3) is 0. The number of fused-ring (bicyclic) bond motifs is 11. The molecule has 4 aromatic heterocycles. The second-order valence-electron chi connectivity index (χ2n) is 16.7. The summed E-state index contributed by atoms with van der Waals surface area (Å²) >= 11 is 0. The second-order valence-corrected chi connectivity index (χ2v) is 16.7. The largest absolute Gasteiger partial charge is 0.456 e. The summed E-state index contributed by atoms with van der Waals surface area (Å²) in [5, 5.41) is 11.0. The molecule has 0 aliphatic rings. The lowest BCUT2D eigenvalue weighted by Crippen LogP contribution is -2.04. The number of furan rings is 2. The minimum Gasteiger partial charge on any atom is -0.456 e. The molecule has 0 unspecified atom stereocenters. The molecule has 0 bridgehead atoms. The Bertz CT molecular complexity index is 4160. The van der Waals surface area contributed by atoms with Crippen molar-refractivity contribution in [2.24, 2.45) is 0 Å². The molecular formula is C59H34N4O2. The number of benzene rings is 10. The van der Waals surface area contributed by atoms with Crippen LogP contribution in [0.3, 0.4) is 0 Å². The fourth-order valence-electron chi connectivity index (χ4n) is 9.98. The van der Waals surface area contributed by atoms with Gasteiger partial charge in [0.1, 0.15) is 22.4 Å². The van der Waals surface area contributed by atoms with Crippen LogP contribution in [0.25, 0.3) is 138 Å². The first-order chi connectivity index (χ1) is 32.2. The van der Waals surface area contributed by atoms with Gasteiger partial charge in [-0.05, 0) is 93.3 Å². The van der Waals surface area contributed by atoms with Crippen molar-refractivity contribution in [1.29, 1.82) is 0 Å². The van der Waals surface area contributed by atoms with Crippen LogP contribution in [0.4, 0.5) is 0 Å². The summed E-state index contributed by atoms with van der Waals surface area (Å²) in [6.45, 7) is 0. The van der Waals surface area contributed by atoms with E-state index in [-0.39, 0.29) is 0 Å². The molecule has 0 atom stereocenters. The van der Waals surface area contributed by atoms with Gasteiger partial charge in [0.15, 0.2) is 23.1 Å². The zero-order valence-corrected chi connectivity index (χ0v) is 34.7. The van der Waals surface area contributed by atoms with E-state index < -0.39 is 0 Å². The predicted octanol–water partition coefficient (Wildman–Crippen LogP) is 15.7. The summed E-state index contributed by atoms with van der Waals surface area (Å²) in [6.07, 6.45) is 0. The Kier molecular flexibility index (Phi) is 7.59. The number of rotatable bonds is 5. The van der Waals surface area contributed by atoms with Crippen LogP contribution in [0, 0.1) is 0 Å². The van der Waals surface area contributed by atoms with Crippen LogP contribution in [0.5, 0.6) is 0 Å². The summed E-state index contributed by atoms with van der Waals surface area (Å²) in [6, 6.07) is 72.1. The highest BCUT2D eigenvalue weighted by Crippen LogP contribution is 2.45. The Morgan fingerprint density at radius 3 is 1.58 bits per heavy atom. The summed E-state index contributed by atoms with van der Waals surface area (Å²) in [5.41, 5.74) is 10.8. The smallest absolute Gasteiger partial charge is 0.166 e. The van der Waals surface area contributed by atoms with E-state index in [9.17, 15) is 0 Å². The number of nitrogens with zero attached hydrogens (tertiary/aromatic N) is 4. The van der Waals surface area contributed by atoms with E-state index in [0.29, 0.717) is 17.5 Å². The van der Waals surface area contributed by atoms with Gasteiger partial charge in [-0.1, -0.05) is 146 Å². The Labute approximate surface area is 371 Å². The van der Waals surface area contributed by atoms with E-state index in [1.807, 2.05) is 48.5 Å². The molecule has 0 saturated carbocycles. The van der Waals surface area contributed by atoms with Crippen molar-refractivity contribution < 1.29 is 8.83 Å². The Hall–Kier alpha value is -8.87. The van der Waals surface area contributed by atoms with Gasteiger partial charge in [-0.15, -0.1) is 0 Å². The van der Waals surface area contributed by atoms with E-state index in [2.05, 4.69) is 162 Å². The minimum absolute atomic E-state index is 0.522. The molecule has 0 spiro atoms. The van der Waals surface area contributed by atoms with Crippen LogP contribution in [0.15, 0.2) is 215 Å². The molecule has 10 aromatic carbocycles. The lowest BCUT2D eigenvalue weighted by atomic mass is 10.0. The lowest BCUT2D eigenvalue weighted by Gasteiger charge is -2.16. The van der Waals surface area contributed by atoms with Gasteiger partial charge in [-0.3, -0.25) is 0 Å². The molecule has 0 aliphatic carbocycles. The normalized spacial score (nSPS) is 12.0. The first-order valence-corrected chi connectivity index (χ1v) is 21.8. The van der Waals surface area contributed by atoms with Crippen LogP contribution in [0.2, 0.25) is 0 Å². The topological polar surface area (TPSA) is 69.9 Å². The van der Waals surface area contributed by atoms with Crippen molar-refractivity contribution in [2.45, 2.75) is 0 Å². The molecule has 0 aliphatic heterocycles. The van der Waals surface area contributed by atoms with Gasteiger partial charge >= 0.3 is 0 Å². The van der Waals surface area contributed by atoms with Crippen molar-refractivity contribution in [2.75, 3.05) is 0 Å². The number of para-hydroxylation sites is 2. The molecule has 6 nitrogen and oxygen atoms in total. The Balaban J connectivity index is 1.13. The number of aromatic nitrogens is 4. The third-order valence-electron chi connectivity index (χ3n) is 13.0. The third kappa shape index (κ3) is 5.51. The highest BCUT2D eigenvalue weighted by Gasteiger charge is 2.26. The first kappa shape index (κ1) is 35.7. The van der Waals surface area contributed by atoms with Crippen LogP contribution in [0.1, 0.15) is 0 Å². The summed E-state index contributed by atoms with van der Waals surface area (Å²) in [5.74, 6) is 1.62. The summed E-state index contributed by atoms with van der Waals surface area (Å²) in [4.78, 5) is 16.3. The van der Waals surface area contributed by atoms with Gasteiger partial charge in [0.05, 0.1) is 11.0 Å². The van der Waals surface area contributed by atoms with Crippen molar-refractivity contribution in [1.82, 2.24) is 19.5 Å². The molecule has 6 heteroatoms. The molecule has 4 heterocycles. The van der Waals surface area contributed by atoms with Crippen molar-refractivity contribution >= 4 is 87.2 Å². The van der Waals surface area contributed by atoms with Gasteiger partial charge in [0.25, 0.3) is 0 Å². The maximum atomic E-state index is 7.03. The van der Waals surface area contributed by atoms with Gasteiger partial charge in [-0.25, -0.2) is 15.0 Å². The van der Waals surface area contributed by atoms with Crippen molar-refractivity contribution in [3.05, 3.63) is 206 Å². The minimum atomic E-state index is 0.522. The van der Waals surface area contributed by atoms with E-state index in [1.165, 1.54) is 10.8 Å². The fourth-order valence-corrected chi connectivity index (χ4v) is 9.98. The highest BCUT2D eigenvalue weighted by molar-refractivity contribution is 6.19. The monoisotopic (exact) mass is 830 g/mol. The van der Waals surface area contributed by atoms with Crippen LogP contribution in [-0.2, 0) is 0 Å². The summed E-state index contributed by atoms with van der Waals surface area (Å²) < 4.78 is 15.8. The molecular weight excluding hydrogens is 797 g/mol. The van der Waals surface area contributed by atoms with E-state index in [4.69, 9.17) is 23.8 Å². The average Bonchev–Trinajstić information content (AvgIpc) is 4.04. The zero-order valence-electron chi connectivity index (χ0n) is 34.7. The molecule has 302 valence electrons. The van der Waals surface area contributed by atoms with Gasteiger partial charge < -0.3 is 13.4 Å². The molecule has 0 radical (unpaired) electrons. The zero-order chi connectivity index (χ0) is 42.6. The SMILES string of the molecule is c1ccc(-c2cccc(-c3nc(-c4ccc5c(oc6ccccc65)c4-n4c5cc6ccccc6cc5c5cc6ccccc6cc54)nc(-c4cccc5oc6ccccc6c45)n3)c2)cc1. The standard InChI is InChI=1S/C59H34N4O2/c1-2-14-35(15-3-1)36-20-12-21-41(30-36)57-60-58(45-24-13-27-53-54(45)44-23-9-11-26-52(44)64-53)62-59(61-57)46-29-28-43-42-22-8-10-25-51(42)65-56(43)55(46)63-49-33-39-18-6-4-16-37(39)31-47(49)48-32-38-17-5-7-19-40(38)34-50(48)63/h1-34H. The molecule has 0 amide bonds. The van der Waals surface area contributed by atoms with Crippen LogP contribution in [-0.4, -0.2) is 19.5 Å². The number of hydrogen-bond donors (Lipinski definition) is 0. The Morgan fingerprint density at radius 2 is 0.862 bits per heavy atom. The van der Waals surface area contributed by atoms with Crippen LogP contribution < -0.4 is 0 Å². The average molecular weight is 831 g/mol. The second kappa shape index (κ2) is 13.8. The van der Waals surface area contributed by atoms with E-state index in [1.54, 1.807) is 0 Å². The van der Waals surface area contributed by atoms with E-state index in [0.717, 1.165) is 110 Å². The van der Waals surface area contributed by atoms with Crippen molar-refractivity contribution in [3.8, 4) is 51.0 Å². The maximum Gasteiger partial charge on any atom is 0.166 e. The van der Waals surface area contributed by atoms with Crippen LogP contribution >= 0.6 is 0 Å². The first-order valence-electron chi connectivity index (χ1n) is 21.8. The van der Waals surface area contributed by atoms with E-state index >= 15 is 0 Å². The van der Waals surface area contributed by atoms with Gasteiger partial charge in [0, 0.05) is 49.0 Å². The quantitative estimate of drug-likeness (QED) is 0.173. The molecule has 0 fully saturated rings. The summed E-state index contributed by atoms with van der Waals surface area (Å²) in [7, 11) is 0. The molecule has 14 rings (SSSR count). The molecule has 65 heavy (non-hydrogen) atoms. The third-order valence-corrected chi connectivity index (χ3v) is 13.0. The Morgan fingerprint density at radius 1 is 0.323 bits per heavy atom. The van der Waals surface area contributed by atoms with Gasteiger partial charge in [-0.2, -0.15) is 0 Å². The number of hydrogen-bond acceptors (Lipinski definition) is 5. The highest BCUT2D eigenvalue weighted by atomic mass is 16.3. The molecule has 14 aromatic rings. The molecule has 0 N–H and O–H groups in total. The maximum absolute atomic E-state index is 7.03. The predicted molar refractivity (Wildman–Crippen MR) is 265 cm³/mol. The van der Waals surface area contributed by atoms with Gasteiger partial charge in [0.2, 0.25) is 0 Å². The van der Waals surface area contributed by atoms with Crippen molar-refractivity contribution in [3.63, 3.8) is 0 Å².